The fourth-order valence-electron chi connectivity index (χ4n) is 0.782. The Morgan fingerprint density at radius 2 is 1.73 bits per heavy atom. The van der Waals surface area contributed by atoms with Crippen molar-refractivity contribution in [1.29, 1.82) is 0 Å². The number of rotatable bonds is 1. The van der Waals surface area contributed by atoms with E-state index >= 15 is 0 Å². The van der Waals surface area contributed by atoms with Crippen LogP contribution in [0.1, 0.15) is 4.88 Å². The summed E-state index contributed by atoms with van der Waals surface area (Å²) in [6, 6.07) is 4.36. The molecule has 0 saturated carbocycles. The predicted octanol–water partition coefficient (Wildman–Crippen LogP) is -0.743. The van der Waals surface area contributed by atoms with Gasteiger partial charge >= 0.3 is 0 Å². The summed E-state index contributed by atoms with van der Waals surface area (Å²) in [5.41, 5.74) is 0. The zero-order valence-electron chi connectivity index (χ0n) is 7.39. The molecule has 0 aliphatic heterocycles. The third kappa shape index (κ3) is 3.09. The first-order valence-electron chi connectivity index (χ1n) is 3.38. The van der Waals surface area contributed by atoms with Gasteiger partial charge in [-0.25, -0.2) is 0 Å². The topological polar surface area (TPSA) is 0 Å². The van der Waals surface area contributed by atoms with Gasteiger partial charge in [-0.1, -0.05) is 11.3 Å². The molecular weight excluding hydrogens is 269 g/mol. The molecule has 1 rings (SSSR count). The average Bonchev–Trinajstić information content (AvgIpc) is 2.11. The quantitative estimate of drug-likeness (QED) is 0.470. The number of nitrogens with zero attached hydrogens (tertiary/aromatic N) is 1. The van der Waals surface area contributed by atoms with Crippen LogP contribution in [0.25, 0.3) is 0 Å². The van der Waals surface area contributed by atoms with Crippen molar-refractivity contribution in [3.05, 3.63) is 17.0 Å². The molecule has 0 N–H and O–H groups in total. The van der Waals surface area contributed by atoms with Gasteiger partial charge in [0.05, 0.1) is 21.1 Å². The molecule has 1 nitrogen and oxygen atoms in total. The van der Waals surface area contributed by atoms with Gasteiger partial charge in [-0.2, -0.15) is 0 Å². The number of quaternary nitrogens is 1. The molecule has 0 unspecified atom stereocenters. The molecule has 3 heteroatoms. The number of aryl methyl sites for hydroxylation is 1. The van der Waals surface area contributed by atoms with Crippen LogP contribution in [0.5, 0.6) is 0 Å². The molecule has 0 spiro atoms. The van der Waals surface area contributed by atoms with Crippen molar-refractivity contribution in [2.24, 2.45) is 0 Å². The molecule has 0 aromatic carbocycles. The Bertz CT molecular complexity index is 224. The van der Waals surface area contributed by atoms with Gasteiger partial charge in [-0.05, 0) is 13.0 Å². The summed E-state index contributed by atoms with van der Waals surface area (Å²) in [4.78, 5) is 1.39. The predicted molar refractivity (Wildman–Crippen MR) is 48.6 cm³/mol. The average molecular weight is 283 g/mol. The summed E-state index contributed by atoms with van der Waals surface area (Å²) in [5.74, 6) is 0. The van der Waals surface area contributed by atoms with Crippen LogP contribution in [0.4, 0.5) is 5.00 Å². The Labute approximate surface area is 89.6 Å². The molecule has 0 fully saturated rings. The third-order valence-corrected chi connectivity index (χ3v) is 2.74. The minimum Gasteiger partial charge on any atom is -1.00 e. The molecule has 1 aromatic heterocycles. The molecule has 0 aliphatic rings. The van der Waals surface area contributed by atoms with Gasteiger partial charge in [0.15, 0.2) is 5.00 Å². The van der Waals surface area contributed by atoms with Crippen LogP contribution in [0.15, 0.2) is 12.1 Å². The molecule has 0 bridgehead atoms. The minimum atomic E-state index is 0. The van der Waals surface area contributed by atoms with E-state index in [4.69, 9.17) is 0 Å². The number of halogens is 1. The monoisotopic (exact) mass is 283 g/mol. The molecule has 0 aliphatic carbocycles. The highest BCUT2D eigenvalue weighted by Gasteiger charge is 2.12. The van der Waals surface area contributed by atoms with Crippen LogP contribution in [-0.4, -0.2) is 21.1 Å². The van der Waals surface area contributed by atoms with Crippen LogP contribution in [-0.2, 0) is 0 Å². The van der Waals surface area contributed by atoms with E-state index in [1.165, 1.54) is 9.88 Å². The van der Waals surface area contributed by atoms with E-state index in [1.807, 2.05) is 11.3 Å². The highest BCUT2D eigenvalue weighted by Crippen LogP contribution is 2.26. The number of hydrogen-bond acceptors (Lipinski definition) is 1. The van der Waals surface area contributed by atoms with Crippen LogP contribution in [0, 0.1) is 6.92 Å². The number of thiophene rings is 1. The highest BCUT2D eigenvalue weighted by atomic mass is 127. The molecule has 1 aromatic rings. The van der Waals surface area contributed by atoms with Crippen molar-refractivity contribution < 1.29 is 24.0 Å². The summed E-state index contributed by atoms with van der Waals surface area (Å²) < 4.78 is 0.929. The molecular formula is C8H14INS. The number of hydrogen-bond donors (Lipinski definition) is 0. The summed E-state index contributed by atoms with van der Waals surface area (Å²) >= 11 is 1.87. The second-order valence-electron chi connectivity index (χ2n) is 3.40. The van der Waals surface area contributed by atoms with Gasteiger partial charge in [-0.3, -0.25) is 4.48 Å². The van der Waals surface area contributed by atoms with Gasteiger partial charge in [0.25, 0.3) is 0 Å². The Kier molecular flexibility index (Phi) is 4.00. The third-order valence-electron chi connectivity index (χ3n) is 1.39. The first-order chi connectivity index (χ1) is 4.50. The first kappa shape index (κ1) is 11.4. The van der Waals surface area contributed by atoms with E-state index in [2.05, 4.69) is 40.2 Å². The largest absolute Gasteiger partial charge is 1.00 e. The Hall–Kier alpha value is 0.390. The van der Waals surface area contributed by atoms with Crippen LogP contribution < -0.4 is 28.5 Å². The van der Waals surface area contributed by atoms with Gasteiger partial charge in [0.1, 0.15) is 0 Å². The highest BCUT2D eigenvalue weighted by molar-refractivity contribution is 7.15. The zero-order chi connectivity index (χ0) is 7.78. The SMILES string of the molecule is Cc1ccc([N+](C)(C)C)s1.[I-]. The Balaban J connectivity index is 0.000001000. The van der Waals surface area contributed by atoms with Crippen LogP contribution in [0.3, 0.4) is 0 Å². The maximum Gasteiger partial charge on any atom is 0.187 e. The van der Waals surface area contributed by atoms with Gasteiger partial charge in [0.2, 0.25) is 0 Å². The molecule has 1 heterocycles. The van der Waals surface area contributed by atoms with E-state index in [0.29, 0.717) is 0 Å². The molecule has 11 heavy (non-hydrogen) atoms. The van der Waals surface area contributed by atoms with Crippen molar-refractivity contribution in [2.75, 3.05) is 21.1 Å². The Morgan fingerprint density at radius 1 is 1.18 bits per heavy atom. The lowest BCUT2D eigenvalue weighted by molar-refractivity contribution is -0.00000237. The van der Waals surface area contributed by atoms with E-state index in [0.717, 1.165) is 4.48 Å². The molecule has 0 saturated heterocycles. The maximum absolute atomic E-state index is 2.19. The smallest absolute Gasteiger partial charge is 0.187 e. The molecule has 0 amide bonds. The van der Waals surface area contributed by atoms with Crippen LogP contribution >= 0.6 is 11.3 Å². The van der Waals surface area contributed by atoms with Crippen molar-refractivity contribution in [2.45, 2.75) is 6.92 Å². The fraction of sp³-hybridized carbons (Fsp3) is 0.500. The summed E-state index contributed by atoms with van der Waals surface area (Å²) in [5, 5.41) is 1.41. The van der Waals surface area contributed by atoms with E-state index < -0.39 is 0 Å². The second kappa shape index (κ2) is 3.87. The van der Waals surface area contributed by atoms with Gasteiger partial charge in [-0.15, -0.1) is 0 Å². The Morgan fingerprint density at radius 3 is 1.91 bits per heavy atom. The first-order valence-corrected chi connectivity index (χ1v) is 4.20. The normalized spacial score (nSPS) is 10.9. The molecule has 64 valence electrons. The lowest BCUT2D eigenvalue weighted by Crippen LogP contribution is -3.00. The van der Waals surface area contributed by atoms with Crippen molar-refractivity contribution in [1.82, 2.24) is 4.48 Å². The standard InChI is InChI=1S/C8H14NS.HI/c1-7-5-6-8(10-7)9(2,3)4;/h5-6H,1-4H3;1H/q+1;/p-1. The van der Waals surface area contributed by atoms with Gasteiger partial charge < -0.3 is 24.0 Å². The van der Waals surface area contributed by atoms with E-state index in [-0.39, 0.29) is 24.0 Å². The summed E-state index contributed by atoms with van der Waals surface area (Å²) in [7, 11) is 6.56. The van der Waals surface area contributed by atoms with Crippen molar-refractivity contribution in [3.8, 4) is 0 Å². The minimum absolute atomic E-state index is 0. The maximum atomic E-state index is 2.19. The summed E-state index contributed by atoms with van der Waals surface area (Å²) in [6.45, 7) is 2.14. The van der Waals surface area contributed by atoms with Crippen LogP contribution in [0.2, 0.25) is 0 Å². The summed E-state index contributed by atoms with van der Waals surface area (Å²) in [6.07, 6.45) is 0. The molecule has 0 radical (unpaired) electrons. The van der Waals surface area contributed by atoms with Gasteiger partial charge in [0, 0.05) is 10.9 Å². The lowest BCUT2D eigenvalue weighted by atomic mass is 10.5. The van der Waals surface area contributed by atoms with Crippen molar-refractivity contribution in [3.63, 3.8) is 0 Å². The van der Waals surface area contributed by atoms with E-state index in [9.17, 15) is 0 Å². The zero-order valence-corrected chi connectivity index (χ0v) is 10.4. The van der Waals surface area contributed by atoms with Crippen molar-refractivity contribution >= 4 is 16.3 Å². The van der Waals surface area contributed by atoms with E-state index in [1.54, 1.807) is 0 Å². The lowest BCUT2D eigenvalue weighted by Gasteiger charge is -2.20. The second-order valence-corrected chi connectivity index (χ2v) is 4.66. The molecule has 0 atom stereocenters. The fourth-order valence-corrected chi connectivity index (χ4v) is 1.66.